The molecule has 1 aromatic carbocycles. The molecule has 10 nitrogen and oxygen atoms in total. The number of carbonyl (C=O) groups excluding carboxylic acids is 2. The quantitative estimate of drug-likeness (QED) is 0.413. The van der Waals surface area contributed by atoms with E-state index in [0.717, 1.165) is 0 Å². The molecule has 1 aliphatic carbocycles. The van der Waals surface area contributed by atoms with Crippen LogP contribution in [0.5, 0.6) is 17.2 Å². The second kappa shape index (κ2) is 8.97. The fourth-order valence-corrected chi connectivity index (χ4v) is 3.61. The molecular weight excluding hydrogens is 384 g/mol. The van der Waals surface area contributed by atoms with Crippen LogP contribution < -0.4 is 19.5 Å². The molecule has 0 saturated heterocycles. The maximum atomic E-state index is 13.1. The normalized spacial score (nSPS) is 21.1. The van der Waals surface area contributed by atoms with Crippen molar-refractivity contribution < 1.29 is 33.5 Å². The number of amides is 1. The molecule has 1 saturated carbocycles. The highest BCUT2D eigenvalue weighted by atomic mass is 16.6. The minimum absolute atomic E-state index is 0.00702. The van der Waals surface area contributed by atoms with Gasteiger partial charge < -0.3 is 24.3 Å². The van der Waals surface area contributed by atoms with E-state index in [4.69, 9.17) is 18.9 Å². The average molecular weight is 410 g/mol. The van der Waals surface area contributed by atoms with E-state index < -0.39 is 28.0 Å². The number of methoxy groups -OCH3 is 4. The number of esters is 1. The molecule has 10 heteroatoms. The summed E-state index contributed by atoms with van der Waals surface area (Å²) >= 11 is 0. The largest absolute Gasteiger partial charge is 0.493 e. The Morgan fingerprint density at radius 2 is 1.69 bits per heavy atom. The molecule has 1 aromatic rings. The predicted molar refractivity (Wildman–Crippen MR) is 103 cm³/mol. The van der Waals surface area contributed by atoms with Crippen molar-refractivity contribution in [3.63, 3.8) is 0 Å². The molecular formula is C19H26N2O8. The van der Waals surface area contributed by atoms with E-state index in [0.29, 0.717) is 31.6 Å². The zero-order valence-electron chi connectivity index (χ0n) is 17.2. The van der Waals surface area contributed by atoms with Crippen LogP contribution in [0.4, 0.5) is 5.69 Å². The highest BCUT2D eigenvalue weighted by Crippen LogP contribution is 2.46. The summed E-state index contributed by atoms with van der Waals surface area (Å²) in [5.74, 6) is -1.13. The van der Waals surface area contributed by atoms with Crippen LogP contribution in [-0.4, -0.2) is 50.8 Å². The monoisotopic (exact) mass is 410 g/mol. The van der Waals surface area contributed by atoms with E-state index in [2.05, 4.69) is 12.2 Å². The lowest BCUT2D eigenvalue weighted by Crippen LogP contribution is -2.56. The van der Waals surface area contributed by atoms with Gasteiger partial charge in [-0.05, 0) is 31.6 Å². The number of benzene rings is 1. The van der Waals surface area contributed by atoms with Gasteiger partial charge in [0.05, 0.1) is 33.4 Å². The van der Waals surface area contributed by atoms with Crippen molar-refractivity contribution in [1.82, 2.24) is 5.32 Å². The number of nitro groups is 1. The Kier molecular flexibility index (Phi) is 6.89. The summed E-state index contributed by atoms with van der Waals surface area (Å²) in [5.41, 5.74) is -2.12. The standard InChI is InChI=1S/C19H26N2O8/c1-11-6-8-19(9-7-11,18(23)29-5)20-17(22)12-10-13(26-2)15(27-3)16(28-4)14(12)21(24)25/h10-11H,6-9H2,1-5H3,(H,20,22). The molecule has 0 aromatic heterocycles. The van der Waals surface area contributed by atoms with E-state index in [9.17, 15) is 19.7 Å². The van der Waals surface area contributed by atoms with Crippen LogP contribution in [0.2, 0.25) is 0 Å². The minimum Gasteiger partial charge on any atom is -0.493 e. The first kappa shape index (κ1) is 22.3. The lowest BCUT2D eigenvalue weighted by Gasteiger charge is -2.37. The van der Waals surface area contributed by atoms with Crippen LogP contribution in [0, 0.1) is 16.0 Å². The smallest absolute Gasteiger partial charge is 0.331 e. The fraction of sp³-hybridized carbons (Fsp3) is 0.579. The van der Waals surface area contributed by atoms with Gasteiger partial charge in [0, 0.05) is 6.07 Å². The van der Waals surface area contributed by atoms with Crippen LogP contribution in [0.25, 0.3) is 0 Å². The van der Waals surface area contributed by atoms with Gasteiger partial charge in [-0.15, -0.1) is 0 Å². The summed E-state index contributed by atoms with van der Waals surface area (Å²) in [7, 11) is 5.11. The molecule has 0 aliphatic heterocycles. The third-order valence-electron chi connectivity index (χ3n) is 5.29. The molecule has 0 bridgehead atoms. The molecule has 0 atom stereocenters. The van der Waals surface area contributed by atoms with E-state index in [-0.39, 0.29) is 22.8 Å². The maximum absolute atomic E-state index is 13.1. The summed E-state index contributed by atoms with van der Waals surface area (Å²) in [6.07, 6.45) is 2.19. The first-order valence-corrected chi connectivity index (χ1v) is 9.12. The molecule has 0 spiro atoms. The molecule has 160 valence electrons. The molecule has 1 fully saturated rings. The Balaban J connectivity index is 2.56. The first-order valence-electron chi connectivity index (χ1n) is 9.12. The molecule has 0 radical (unpaired) electrons. The van der Waals surface area contributed by atoms with Crippen molar-refractivity contribution in [2.45, 2.75) is 38.1 Å². The van der Waals surface area contributed by atoms with Crippen molar-refractivity contribution >= 4 is 17.6 Å². The van der Waals surface area contributed by atoms with Crippen LogP contribution in [0.3, 0.4) is 0 Å². The summed E-state index contributed by atoms with van der Waals surface area (Å²) in [4.78, 5) is 36.6. The summed E-state index contributed by atoms with van der Waals surface area (Å²) < 4.78 is 20.4. The van der Waals surface area contributed by atoms with E-state index in [1.807, 2.05) is 0 Å². The van der Waals surface area contributed by atoms with Crippen molar-refractivity contribution in [2.24, 2.45) is 5.92 Å². The second-order valence-corrected chi connectivity index (χ2v) is 7.01. The summed E-state index contributed by atoms with van der Waals surface area (Å²) in [6.45, 7) is 2.06. The van der Waals surface area contributed by atoms with Gasteiger partial charge in [-0.25, -0.2) is 4.79 Å². The van der Waals surface area contributed by atoms with Gasteiger partial charge in [-0.2, -0.15) is 0 Å². The maximum Gasteiger partial charge on any atom is 0.331 e. The number of hydrogen-bond acceptors (Lipinski definition) is 8. The second-order valence-electron chi connectivity index (χ2n) is 7.01. The fourth-order valence-electron chi connectivity index (χ4n) is 3.61. The van der Waals surface area contributed by atoms with Gasteiger partial charge >= 0.3 is 11.7 Å². The number of nitrogens with one attached hydrogen (secondary N) is 1. The summed E-state index contributed by atoms with van der Waals surface area (Å²) in [5, 5.41) is 14.4. The third kappa shape index (κ3) is 4.20. The van der Waals surface area contributed by atoms with Gasteiger partial charge in [-0.1, -0.05) is 6.92 Å². The van der Waals surface area contributed by atoms with Gasteiger partial charge in [0.25, 0.3) is 5.91 Å². The topological polar surface area (TPSA) is 126 Å². The molecule has 0 unspecified atom stereocenters. The highest BCUT2D eigenvalue weighted by molar-refractivity contribution is 6.03. The number of nitrogens with zero attached hydrogens (tertiary/aromatic N) is 1. The Morgan fingerprint density at radius 1 is 1.10 bits per heavy atom. The van der Waals surface area contributed by atoms with Gasteiger partial charge in [0.2, 0.25) is 11.5 Å². The SMILES string of the molecule is COC(=O)C1(NC(=O)c2cc(OC)c(OC)c(OC)c2[N+](=O)[O-])CCC(C)CC1. The number of carbonyl (C=O) groups is 2. The van der Waals surface area contributed by atoms with Crippen LogP contribution in [0.15, 0.2) is 6.07 Å². The molecule has 29 heavy (non-hydrogen) atoms. The van der Waals surface area contributed by atoms with E-state index in [1.54, 1.807) is 0 Å². The average Bonchev–Trinajstić information content (AvgIpc) is 2.72. The minimum atomic E-state index is -1.24. The van der Waals surface area contributed by atoms with Gasteiger partial charge in [0.1, 0.15) is 11.1 Å². The van der Waals surface area contributed by atoms with Gasteiger partial charge in [0.15, 0.2) is 5.75 Å². The molecule has 1 amide bonds. The molecule has 1 aliphatic rings. The van der Waals surface area contributed by atoms with Crippen molar-refractivity contribution in [3.8, 4) is 17.2 Å². The lowest BCUT2D eigenvalue weighted by atomic mass is 9.77. The zero-order valence-corrected chi connectivity index (χ0v) is 17.2. The van der Waals surface area contributed by atoms with Crippen LogP contribution >= 0.6 is 0 Å². The Labute approximate surface area is 168 Å². The number of hydrogen-bond donors (Lipinski definition) is 1. The number of nitro benzene ring substituents is 1. The van der Waals surface area contributed by atoms with Crippen molar-refractivity contribution in [2.75, 3.05) is 28.4 Å². The Morgan fingerprint density at radius 3 is 2.14 bits per heavy atom. The zero-order chi connectivity index (χ0) is 21.8. The Bertz CT molecular complexity index is 800. The predicted octanol–water partition coefficient (Wildman–Crippen LogP) is 2.47. The van der Waals surface area contributed by atoms with Crippen LogP contribution in [0.1, 0.15) is 43.0 Å². The van der Waals surface area contributed by atoms with Crippen molar-refractivity contribution in [1.29, 1.82) is 0 Å². The van der Waals surface area contributed by atoms with E-state index in [1.165, 1.54) is 34.5 Å². The third-order valence-corrected chi connectivity index (χ3v) is 5.29. The number of ether oxygens (including phenoxy) is 4. The lowest BCUT2D eigenvalue weighted by molar-refractivity contribution is -0.386. The number of rotatable bonds is 7. The molecule has 0 heterocycles. The highest BCUT2D eigenvalue weighted by Gasteiger charge is 2.45. The van der Waals surface area contributed by atoms with Gasteiger partial charge in [-0.3, -0.25) is 14.9 Å². The van der Waals surface area contributed by atoms with Crippen molar-refractivity contribution in [3.05, 3.63) is 21.7 Å². The summed E-state index contributed by atoms with van der Waals surface area (Å²) in [6, 6.07) is 1.20. The Hall–Kier alpha value is -3.04. The molecule has 1 N–H and O–H groups in total. The van der Waals surface area contributed by atoms with E-state index >= 15 is 0 Å². The van der Waals surface area contributed by atoms with Crippen LogP contribution in [-0.2, 0) is 9.53 Å². The first-order chi connectivity index (χ1) is 13.7. The molecule has 2 rings (SSSR count).